The highest BCUT2D eigenvalue weighted by molar-refractivity contribution is 7.99. The van der Waals surface area contributed by atoms with Gasteiger partial charge in [-0.2, -0.15) is 4.98 Å². The van der Waals surface area contributed by atoms with Crippen LogP contribution in [0.2, 0.25) is 5.02 Å². The first-order chi connectivity index (χ1) is 14.9. The fourth-order valence-corrected chi connectivity index (χ4v) is 4.55. The van der Waals surface area contributed by atoms with Crippen LogP contribution < -0.4 is 0 Å². The van der Waals surface area contributed by atoms with Crippen molar-refractivity contribution < 1.29 is 9.26 Å². The van der Waals surface area contributed by atoms with Gasteiger partial charge < -0.3 is 13.8 Å². The van der Waals surface area contributed by atoms with Crippen LogP contribution in [-0.2, 0) is 17.4 Å². The number of rotatable bonds is 7. The molecule has 0 unspecified atom stereocenters. The van der Waals surface area contributed by atoms with Crippen molar-refractivity contribution in [3.05, 3.63) is 65.8 Å². The van der Waals surface area contributed by atoms with E-state index in [1.165, 1.54) is 6.39 Å². The van der Waals surface area contributed by atoms with Crippen molar-refractivity contribution in [2.24, 2.45) is 7.05 Å². The third-order valence-electron chi connectivity index (χ3n) is 4.89. The first-order valence-corrected chi connectivity index (χ1v) is 11.1. The summed E-state index contributed by atoms with van der Waals surface area (Å²) in [4.78, 5) is 10.2. The van der Waals surface area contributed by atoms with Gasteiger partial charge in [0.05, 0.1) is 0 Å². The number of ether oxygens (including phenoxy) is 1. The minimum Gasteiger partial charge on any atom is -0.368 e. The molecule has 160 valence electrons. The monoisotopic (exact) mass is 454 g/mol. The molecule has 0 amide bonds. The van der Waals surface area contributed by atoms with Gasteiger partial charge in [0.25, 0.3) is 0 Å². The van der Waals surface area contributed by atoms with Crippen molar-refractivity contribution in [1.29, 1.82) is 0 Å². The third-order valence-corrected chi connectivity index (χ3v) is 6.31. The molecule has 0 radical (unpaired) electrons. The van der Waals surface area contributed by atoms with Gasteiger partial charge in [0.15, 0.2) is 0 Å². The summed E-state index contributed by atoms with van der Waals surface area (Å²) in [5.74, 6) is 1.42. The highest BCUT2D eigenvalue weighted by Gasteiger charge is 2.30. The largest absolute Gasteiger partial charge is 0.368 e. The lowest BCUT2D eigenvalue weighted by Crippen LogP contribution is -2.25. The van der Waals surface area contributed by atoms with Crippen LogP contribution in [0.5, 0.6) is 0 Å². The molecule has 0 fully saturated rings. The van der Waals surface area contributed by atoms with E-state index in [-0.39, 0.29) is 0 Å². The lowest BCUT2D eigenvalue weighted by Gasteiger charge is -2.24. The van der Waals surface area contributed by atoms with E-state index in [1.54, 1.807) is 11.8 Å². The Morgan fingerprint density at radius 1 is 1.06 bits per heavy atom. The Morgan fingerprint density at radius 3 is 2.35 bits per heavy atom. The van der Waals surface area contributed by atoms with Gasteiger partial charge in [-0.1, -0.05) is 52.8 Å². The molecule has 6 nitrogen and oxygen atoms in total. The van der Waals surface area contributed by atoms with Crippen LogP contribution in [0, 0.1) is 0 Å². The van der Waals surface area contributed by atoms with E-state index < -0.39 is 5.60 Å². The van der Waals surface area contributed by atoms with Crippen molar-refractivity contribution in [2.45, 2.75) is 36.3 Å². The van der Waals surface area contributed by atoms with E-state index in [9.17, 15) is 0 Å². The van der Waals surface area contributed by atoms with Crippen molar-refractivity contribution in [3.63, 3.8) is 0 Å². The topological polar surface area (TPSA) is 66.0 Å². The number of halogens is 1. The highest BCUT2D eigenvalue weighted by atomic mass is 35.5. The minimum absolute atomic E-state index is 0.526. The zero-order valence-corrected chi connectivity index (χ0v) is 19.4. The first kappa shape index (κ1) is 21.6. The summed E-state index contributed by atoms with van der Waals surface area (Å²) in [5, 5.41) is 5.64. The van der Waals surface area contributed by atoms with Crippen LogP contribution in [0.4, 0.5) is 0 Å². The zero-order valence-electron chi connectivity index (χ0n) is 17.8. The lowest BCUT2D eigenvalue weighted by molar-refractivity contribution is -0.0230. The standard InChI is InChI=1S/C23H23ClN4O2S/c1-5-29-23(2,3)22-26-19(15-6-8-16(9-7-15)20-25-14-30-27-20)21(28(22)4)31-18-12-10-17(24)11-13-18/h6-14H,5H2,1-4H3. The highest BCUT2D eigenvalue weighted by Crippen LogP contribution is 2.39. The van der Waals surface area contributed by atoms with Crippen LogP contribution in [0.1, 0.15) is 26.6 Å². The van der Waals surface area contributed by atoms with E-state index in [2.05, 4.69) is 14.7 Å². The SMILES string of the molecule is CCOC(C)(C)c1nc(-c2ccc(-c3ncon3)cc2)c(Sc2ccc(Cl)cc2)n1C. The molecule has 31 heavy (non-hydrogen) atoms. The summed E-state index contributed by atoms with van der Waals surface area (Å²) in [6.45, 7) is 6.68. The van der Waals surface area contributed by atoms with Gasteiger partial charge in [0.2, 0.25) is 12.2 Å². The van der Waals surface area contributed by atoms with Crippen LogP contribution in [0.25, 0.3) is 22.6 Å². The summed E-state index contributed by atoms with van der Waals surface area (Å²) >= 11 is 7.72. The summed E-state index contributed by atoms with van der Waals surface area (Å²) in [7, 11) is 2.03. The molecule has 2 aromatic carbocycles. The molecule has 0 saturated heterocycles. The number of nitrogens with zero attached hydrogens (tertiary/aromatic N) is 4. The number of benzene rings is 2. The van der Waals surface area contributed by atoms with Gasteiger partial charge in [-0.3, -0.25) is 0 Å². The maximum atomic E-state index is 6.07. The number of hydrogen-bond acceptors (Lipinski definition) is 6. The van der Waals surface area contributed by atoms with Gasteiger partial charge >= 0.3 is 0 Å². The van der Waals surface area contributed by atoms with Crippen LogP contribution in [0.15, 0.2) is 69.4 Å². The Kier molecular flexibility index (Phi) is 6.18. The van der Waals surface area contributed by atoms with Crippen LogP contribution >= 0.6 is 23.4 Å². The predicted octanol–water partition coefficient (Wildman–Crippen LogP) is 6.21. The first-order valence-electron chi connectivity index (χ1n) is 9.91. The van der Waals surface area contributed by atoms with Gasteiger partial charge in [0.1, 0.15) is 22.1 Å². The summed E-state index contributed by atoms with van der Waals surface area (Å²) in [6, 6.07) is 15.8. The molecule has 4 rings (SSSR count). The van der Waals surface area contributed by atoms with Gasteiger partial charge in [-0.15, -0.1) is 0 Å². The molecule has 0 spiro atoms. The van der Waals surface area contributed by atoms with Gasteiger partial charge in [-0.25, -0.2) is 4.98 Å². The maximum Gasteiger partial charge on any atom is 0.214 e. The molecule has 0 atom stereocenters. The third kappa shape index (κ3) is 4.54. The molecule has 0 N–H and O–H groups in total. The van der Waals surface area contributed by atoms with Gasteiger partial charge in [-0.05, 0) is 45.0 Å². The second-order valence-corrected chi connectivity index (χ2v) is 8.98. The molecule has 8 heteroatoms. The molecule has 0 saturated carbocycles. The quantitative estimate of drug-likeness (QED) is 0.330. The second kappa shape index (κ2) is 8.86. The van der Waals surface area contributed by atoms with Crippen molar-refractivity contribution in [1.82, 2.24) is 19.7 Å². The fraction of sp³-hybridized carbons (Fsp3) is 0.261. The molecule has 2 heterocycles. The Balaban J connectivity index is 1.78. The van der Waals surface area contributed by atoms with E-state index in [4.69, 9.17) is 25.8 Å². The molecule has 4 aromatic rings. The van der Waals surface area contributed by atoms with E-state index in [0.29, 0.717) is 17.5 Å². The maximum absolute atomic E-state index is 6.07. The molecular weight excluding hydrogens is 432 g/mol. The molecule has 0 aliphatic rings. The summed E-state index contributed by atoms with van der Waals surface area (Å²) < 4.78 is 13.0. The van der Waals surface area contributed by atoms with Crippen molar-refractivity contribution in [3.8, 4) is 22.6 Å². The van der Waals surface area contributed by atoms with Gasteiger partial charge in [0, 0.05) is 34.7 Å². The molecule has 0 bridgehead atoms. The summed E-state index contributed by atoms with van der Waals surface area (Å²) in [6.07, 6.45) is 1.32. The number of hydrogen-bond donors (Lipinski definition) is 0. The lowest BCUT2D eigenvalue weighted by atomic mass is 10.1. The van der Waals surface area contributed by atoms with Crippen molar-refractivity contribution >= 4 is 23.4 Å². The smallest absolute Gasteiger partial charge is 0.214 e. The van der Waals surface area contributed by atoms with E-state index in [1.807, 2.05) is 76.3 Å². The van der Waals surface area contributed by atoms with E-state index >= 15 is 0 Å². The Bertz CT molecular complexity index is 1150. The molecule has 2 aromatic heterocycles. The average Bonchev–Trinajstić information content (AvgIpc) is 3.39. The predicted molar refractivity (Wildman–Crippen MR) is 122 cm³/mol. The zero-order chi connectivity index (χ0) is 22.0. The Labute approximate surface area is 190 Å². The van der Waals surface area contributed by atoms with E-state index in [0.717, 1.165) is 32.6 Å². The second-order valence-electron chi connectivity index (χ2n) is 7.48. The van der Waals surface area contributed by atoms with Crippen LogP contribution in [-0.4, -0.2) is 26.3 Å². The Hall–Kier alpha value is -2.61. The average molecular weight is 455 g/mol. The molecular formula is C23H23ClN4O2S. The van der Waals surface area contributed by atoms with Crippen LogP contribution in [0.3, 0.4) is 0 Å². The summed E-state index contributed by atoms with van der Waals surface area (Å²) in [5.41, 5.74) is 2.25. The number of aromatic nitrogens is 4. The normalized spacial score (nSPS) is 11.8. The fourth-order valence-electron chi connectivity index (χ4n) is 3.44. The minimum atomic E-state index is -0.526. The molecule has 0 aliphatic carbocycles. The van der Waals surface area contributed by atoms with Crippen molar-refractivity contribution in [2.75, 3.05) is 6.61 Å². The Morgan fingerprint density at radius 2 is 1.74 bits per heavy atom. The molecule has 0 aliphatic heterocycles. The number of imidazole rings is 1.